The summed E-state index contributed by atoms with van der Waals surface area (Å²) < 4.78 is 0. The number of guanidine groups is 1. The number of anilines is 1. The fourth-order valence-electron chi connectivity index (χ4n) is 1.91. The van der Waals surface area contributed by atoms with E-state index in [9.17, 15) is 9.59 Å². The Hall–Kier alpha value is -2.08. The largest absolute Gasteiger partial charge is 0.348 e. The number of urea groups is 1. The third-order valence-corrected chi connectivity index (χ3v) is 3.45. The van der Waals surface area contributed by atoms with E-state index < -0.39 is 6.03 Å². The zero-order valence-electron chi connectivity index (χ0n) is 11.5. The number of hydrogen-bond donors (Lipinski definition) is 2. The second-order valence-corrected chi connectivity index (χ2v) is 5.04. The number of carbonyl (C=O) groups excluding carboxylic acids is 2. The number of amides is 3. The summed E-state index contributed by atoms with van der Waals surface area (Å²) in [6.07, 6.45) is 0. The number of aryl methyl sites for hydroxylation is 1. The molecule has 1 heterocycles. The van der Waals surface area contributed by atoms with E-state index in [1.165, 1.54) is 0 Å². The monoisotopic (exact) mass is 294 g/mol. The van der Waals surface area contributed by atoms with Crippen LogP contribution in [0, 0.1) is 13.8 Å². The lowest BCUT2D eigenvalue weighted by molar-refractivity contribution is -0.118. The van der Waals surface area contributed by atoms with Gasteiger partial charge in [0.05, 0.1) is 6.54 Å². The molecule has 0 unspecified atom stereocenters. The van der Waals surface area contributed by atoms with Crippen LogP contribution in [0.4, 0.5) is 10.5 Å². The summed E-state index contributed by atoms with van der Waals surface area (Å²) in [5, 5.41) is 5.78. The van der Waals surface area contributed by atoms with Crippen molar-refractivity contribution in [3.05, 3.63) is 28.3 Å². The third-order valence-electron chi connectivity index (χ3n) is 3.04. The van der Waals surface area contributed by atoms with Crippen molar-refractivity contribution < 1.29 is 9.59 Å². The van der Waals surface area contributed by atoms with Crippen LogP contribution >= 0.6 is 11.6 Å². The molecule has 1 fully saturated rings. The van der Waals surface area contributed by atoms with E-state index in [-0.39, 0.29) is 18.4 Å². The number of halogens is 1. The topological polar surface area (TPSA) is 73.8 Å². The van der Waals surface area contributed by atoms with Crippen molar-refractivity contribution in [3.8, 4) is 0 Å². The highest BCUT2D eigenvalue weighted by Gasteiger charge is 2.22. The summed E-state index contributed by atoms with van der Waals surface area (Å²) >= 11 is 6.03. The standard InChI is InChI=1S/C13H15ClN4O2/c1-7-4-5-9(14)8(2)11(7)16-13(20)17-12-15-10(19)6-18(12)3/h4-5H,6H2,1-3H3,(H2,15,16,17,19,20). The van der Waals surface area contributed by atoms with Gasteiger partial charge in [0, 0.05) is 17.8 Å². The predicted molar refractivity (Wildman–Crippen MR) is 78.2 cm³/mol. The maximum Gasteiger partial charge on any atom is 0.348 e. The molecule has 1 aliphatic rings. The second-order valence-electron chi connectivity index (χ2n) is 4.63. The van der Waals surface area contributed by atoms with Gasteiger partial charge in [-0.25, -0.2) is 4.79 Å². The first-order chi connectivity index (χ1) is 9.38. The highest BCUT2D eigenvalue weighted by Crippen LogP contribution is 2.27. The molecular weight excluding hydrogens is 280 g/mol. The summed E-state index contributed by atoms with van der Waals surface area (Å²) in [5.74, 6) is 0.0546. The lowest BCUT2D eigenvalue weighted by Crippen LogP contribution is -2.29. The van der Waals surface area contributed by atoms with Crippen molar-refractivity contribution in [3.63, 3.8) is 0 Å². The molecule has 0 spiro atoms. The van der Waals surface area contributed by atoms with E-state index in [1.807, 2.05) is 19.9 Å². The minimum absolute atomic E-state index is 0.186. The Morgan fingerprint density at radius 2 is 2.15 bits per heavy atom. The molecular formula is C13H15ClN4O2. The molecule has 1 saturated heterocycles. The van der Waals surface area contributed by atoms with Gasteiger partial charge in [0.15, 0.2) is 0 Å². The minimum atomic E-state index is -0.553. The zero-order chi connectivity index (χ0) is 14.9. The Balaban J connectivity index is 2.19. The molecule has 0 atom stereocenters. The number of likely N-dealkylation sites (N-methyl/N-ethyl adjacent to an activating group) is 1. The molecule has 6 nitrogen and oxygen atoms in total. The highest BCUT2D eigenvalue weighted by atomic mass is 35.5. The van der Waals surface area contributed by atoms with Gasteiger partial charge in [-0.1, -0.05) is 17.7 Å². The van der Waals surface area contributed by atoms with E-state index in [1.54, 1.807) is 18.0 Å². The Labute approximate surface area is 121 Å². The molecule has 106 valence electrons. The smallest absolute Gasteiger partial charge is 0.336 e. The van der Waals surface area contributed by atoms with Crippen LogP contribution in [-0.2, 0) is 4.79 Å². The zero-order valence-corrected chi connectivity index (χ0v) is 12.2. The Bertz CT molecular complexity index is 613. The molecule has 1 aliphatic heterocycles. The van der Waals surface area contributed by atoms with E-state index in [2.05, 4.69) is 15.6 Å². The van der Waals surface area contributed by atoms with E-state index in [0.29, 0.717) is 10.7 Å². The Kier molecular flexibility index (Phi) is 3.94. The first-order valence-electron chi connectivity index (χ1n) is 6.05. The molecule has 2 N–H and O–H groups in total. The predicted octanol–water partition coefficient (Wildman–Crippen LogP) is 1.91. The van der Waals surface area contributed by atoms with Crippen LogP contribution in [0.2, 0.25) is 5.02 Å². The SMILES string of the molecule is Cc1ccc(Cl)c(C)c1NC(=O)N=C1NC(=O)CN1C. The normalized spacial score (nSPS) is 16.5. The fraction of sp³-hybridized carbons (Fsp3) is 0.308. The number of nitrogens with zero attached hydrogens (tertiary/aromatic N) is 2. The second kappa shape index (κ2) is 5.50. The maximum atomic E-state index is 11.9. The molecule has 0 radical (unpaired) electrons. The maximum absolute atomic E-state index is 11.9. The van der Waals surface area contributed by atoms with Crippen molar-refractivity contribution in [2.75, 3.05) is 18.9 Å². The Morgan fingerprint density at radius 3 is 2.75 bits per heavy atom. The van der Waals surface area contributed by atoms with Gasteiger partial charge in [0.2, 0.25) is 11.9 Å². The van der Waals surface area contributed by atoms with Crippen LogP contribution in [0.25, 0.3) is 0 Å². The fourth-order valence-corrected chi connectivity index (χ4v) is 2.07. The van der Waals surface area contributed by atoms with Gasteiger partial charge in [-0.05, 0) is 31.0 Å². The van der Waals surface area contributed by atoms with Gasteiger partial charge in [-0.3, -0.25) is 10.1 Å². The lowest BCUT2D eigenvalue weighted by atomic mass is 10.1. The van der Waals surface area contributed by atoms with Gasteiger partial charge in [0.25, 0.3) is 0 Å². The summed E-state index contributed by atoms with van der Waals surface area (Å²) in [6, 6.07) is 3.04. The van der Waals surface area contributed by atoms with Crippen molar-refractivity contribution in [1.82, 2.24) is 10.2 Å². The molecule has 1 aromatic carbocycles. The number of rotatable bonds is 1. The van der Waals surface area contributed by atoms with E-state index in [0.717, 1.165) is 11.1 Å². The molecule has 7 heteroatoms. The molecule has 0 aliphatic carbocycles. The highest BCUT2D eigenvalue weighted by molar-refractivity contribution is 6.31. The van der Waals surface area contributed by atoms with E-state index in [4.69, 9.17) is 11.6 Å². The number of aliphatic imine (C=N–C) groups is 1. The quantitative estimate of drug-likeness (QED) is 0.831. The number of carbonyl (C=O) groups is 2. The van der Waals surface area contributed by atoms with E-state index >= 15 is 0 Å². The number of hydrogen-bond acceptors (Lipinski definition) is 2. The van der Waals surface area contributed by atoms with Crippen LogP contribution in [0.5, 0.6) is 0 Å². The number of nitrogens with one attached hydrogen (secondary N) is 2. The van der Waals surface area contributed by atoms with Gasteiger partial charge in [-0.15, -0.1) is 0 Å². The van der Waals surface area contributed by atoms with Crippen molar-refractivity contribution in [1.29, 1.82) is 0 Å². The van der Waals surface area contributed by atoms with Crippen molar-refractivity contribution in [2.45, 2.75) is 13.8 Å². The van der Waals surface area contributed by atoms with Crippen molar-refractivity contribution in [2.24, 2.45) is 4.99 Å². The van der Waals surface area contributed by atoms with Crippen LogP contribution < -0.4 is 10.6 Å². The van der Waals surface area contributed by atoms with Gasteiger partial charge >= 0.3 is 6.03 Å². The van der Waals surface area contributed by atoms with Gasteiger partial charge in [0.1, 0.15) is 0 Å². The number of benzene rings is 1. The molecule has 20 heavy (non-hydrogen) atoms. The average molecular weight is 295 g/mol. The minimum Gasteiger partial charge on any atom is -0.336 e. The average Bonchev–Trinajstić information content (AvgIpc) is 2.68. The molecule has 3 amide bonds. The van der Waals surface area contributed by atoms with Crippen molar-refractivity contribution >= 4 is 35.2 Å². The molecule has 0 bridgehead atoms. The Morgan fingerprint density at radius 1 is 1.45 bits per heavy atom. The van der Waals surface area contributed by atoms with Gasteiger partial charge < -0.3 is 10.2 Å². The summed E-state index contributed by atoms with van der Waals surface area (Å²) in [4.78, 5) is 28.5. The van der Waals surface area contributed by atoms with Crippen LogP contribution in [0.1, 0.15) is 11.1 Å². The summed E-state index contributed by atoms with van der Waals surface area (Å²) in [6.45, 7) is 3.89. The van der Waals surface area contributed by atoms with Crippen LogP contribution in [0.15, 0.2) is 17.1 Å². The molecule has 0 saturated carbocycles. The molecule has 0 aromatic heterocycles. The molecule has 1 aromatic rings. The van der Waals surface area contributed by atoms with Gasteiger partial charge in [-0.2, -0.15) is 4.99 Å². The molecule has 2 rings (SSSR count). The van der Waals surface area contributed by atoms with Crippen LogP contribution in [0.3, 0.4) is 0 Å². The summed E-state index contributed by atoms with van der Waals surface area (Å²) in [5.41, 5.74) is 2.31. The lowest BCUT2D eigenvalue weighted by Gasteiger charge is -2.12. The summed E-state index contributed by atoms with van der Waals surface area (Å²) in [7, 11) is 1.68. The third kappa shape index (κ3) is 2.91. The first kappa shape index (κ1) is 14.3. The van der Waals surface area contributed by atoms with Crippen LogP contribution in [-0.4, -0.2) is 36.4 Å². The first-order valence-corrected chi connectivity index (χ1v) is 6.42.